The highest BCUT2D eigenvalue weighted by Gasteiger charge is 2.20. The molecule has 0 aliphatic carbocycles. The summed E-state index contributed by atoms with van der Waals surface area (Å²) in [5.41, 5.74) is 2.09. The summed E-state index contributed by atoms with van der Waals surface area (Å²) in [5.74, 6) is 0. The Morgan fingerprint density at radius 2 is 2.26 bits per heavy atom. The minimum Gasteiger partial charge on any atom is -0.356 e. The molecule has 98 valence electrons. The number of hydrogen-bond donors (Lipinski definition) is 1. The van der Waals surface area contributed by atoms with E-state index in [1.807, 2.05) is 17.1 Å². The first-order chi connectivity index (χ1) is 9.34. The van der Waals surface area contributed by atoms with E-state index in [1.165, 1.54) is 6.42 Å². The smallest absolute Gasteiger partial charge is 0.150 e. The van der Waals surface area contributed by atoms with Gasteiger partial charge in [0.15, 0.2) is 6.23 Å². The fraction of sp³-hybridized carbons (Fsp3) is 0.385. The number of halogens is 1. The van der Waals surface area contributed by atoms with Crippen LogP contribution in [0.2, 0.25) is 0 Å². The van der Waals surface area contributed by atoms with Gasteiger partial charge in [0.2, 0.25) is 0 Å². The van der Waals surface area contributed by atoms with Gasteiger partial charge in [-0.2, -0.15) is 10.2 Å². The third kappa shape index (κ3) is 1.70. The maximum atomic E-state index is 5.82. The molecule has 3 aromatic rings. The number of benzene rings is 1. The predicted molar refractivity (Wildman–Crippen MR) is 75.9 cm³/mol. The molecule has 1 aliphatic heterocycles. The summed E-state index contributed by atoms with van der Waals surface area (Å²) in [6, 6.07) is 2.09. The van der Waals surface area contributed by atoms with Crippen LogP contribution < -0.4 is 0 Å². The summed E-state index contributed by atoms with van der Waals surface area (Å²) in [7, 11) is 0. The predicted octanol–water partition coefficient (Wildman–Crippen LogP) is 3.37. The minimum atomic E-state index is 0.0542. The number of aromatic amines is 1. The lowest BCUT2D eigenvalue weighted by Crippen LogP contribution is -2.18. The van der Waals surface area contributed by atoms with Crippen LogP contribution in [0.15, 0.2) is 22.9 Å². The normalized spacial score (nSPS) is 20.4. The average molecular weight is 321 g/mol. The number of H-pyrrole nitrogens is 1. The van der Waals surface area contributed by atoms with E-state index in [9.17, 15) is 0 Å². The molecule has 1 unspecified atom stereocenters. The van der Waals surface area contributed by atoms with Crippen molar-refractivity contribution in [2.75, 3.05) is 6.61 Å². The van der Waals surface area contributed by atoms with Crippen molar-refractivity contribution in [3.8, 4) is 0 Å². The third-order valence-electron chi connectivity index (χ3n) is 3.69. The Morgan fingerprint density at radius 3 is 3.11 bits per heavy atom. The maximum Gasteiger partial charge on any atom is 0.150 e. The van der Waals surface area contributed by atoms with Gasteiger partial charge in [-0.05, 0) is 41.3 Å². The van der Waals surface area contributed by atoms with E-state index >= 15 is 0 Å². The molecule has 19 heavy (non-hydrogen) atoms. The van der Waals surface area contributed by atoms with Gasteiger partial charge in [-0.1, -0.05) is 0 Å². The first-order valence-corrected chi connectivity index (χ1v) is 7.24. The quantitative estimate of drug-likeness (QED) is 0.747. The number of nitrogens with zero attached hydrogens (tertiary/aromatic N) is 3. The molecular formula is C13H13BrN4O. The van der Waals surface area contributed by atoms with Crippen molar-refractivity contribution in [1.29, 1.82) is 0 Å². The van der Waals surface area contributed by atoms with E-state index < -0.39 is 0 Å². The standard InChI is InChI=1S/C13H13BrN4O/c14-13-8-6-15-17-10(8)5-11-9(13)7-16-18(11)12-3-1-2-4-19-12/h5-7,12H,1-4H2,(H,15,17). The first kappa shape index (κ1) is 11.4. The van der Waals surface area contributed by atoms with Gasteiger partial charge in [0.05, 0.1) is 23.4 Å². The topological polar surface area (TPSA) is 55.7 Å². The second-order valence-corrected chi connectivity index (χ2v) is 5.66. The molecule has 4 rings (SSSR count). The Morgan fingerprint density at radius 1 is 1.32 bits per heavy atom. The molecule has 1 aliphatic rings. The fourth-order valence-electron chi connectivity index (χ4n) is 2.69. The lowest BCUT2D eigenvalue weighted by Gasteiger charge is -2.23. The van der Waals surface area contributed by atoms with Crippen LogP contribution in [0.25, 0.3) is 21.8 Å². The second-order valence-electron chi connectivity index (χ2n) is 4.86. The first-order valence-electron chi connectivity index (χ1n) is 6.45. The van der Waals surface area contributed by atoms with Gasteiger partial charge in [-0.25, -0.2) is 4.68 Å². The van der Waals surface area contributed by atoms with E-state index in [-0.39, 0.29) is 6.23 Å². The number of rotatable bonds is 1. The van der Waals surface area contributed by atoms with Gasteiger partial charge in [-0.3, -0.25) is 5.10 Å². The van der Waals surface area contributed by atoms with Gasteiger partial charge in [0, 0.05) is 21.9 Å². The number of fused-ring (bicyclic) bond motifs is 2. The molecule has 0 bridgehead atoms. The zero-order chi connectivity index (χ0) is 12.8. The van der Waals surface area contributed by atoms with Gasteiger partial charge >= 0.3 is 0 Å². The van der Waals surface area contributed by atoms with Gasteiger partial charge < -0.3 is 4.74 Å². The molecule has 1 atom stereocenters. The van der Waals surface area contributed by atoms with Crippen LogP contribution in [0.4, 0.5) is 0 Å². The molecule has 3 heterocycles. The van der Waals surface area contributed by atoms with Crippen molar-refractivity contribution in [2.24, 2.45) is 0 Å². The summed E-state index contributed by atoms with van der Waals surface area (Å²) >= 11 is 3.64. The Balaban J connectivity index is 1.94. The Kier molecular flexibility index (Phi) is 2.60. The van der Waals surface area contributed by atoms with E-state index in [2.05, 4.69) is 37.3 Å². The Labute approximate surface area is 118 Å². The molecule has 1 N–H and O–H groups in total. The van der Waals surface area contributed by atoms with Crippen molar-refractivity contribution >= 4 is 37.7 Å². The van der Waals surface area contributed by atoms with Gasteiger partial charge in [0.1, 0.15) is 0 Å². The van der Waals surface area contributed by atoms with E-state index in [1.54, 1.807) is 0 Å². The minimum absolute atomic E-state index is 0.0542. The number of aromatic nitrogens is 4. The molecule has 1 saturated heterocycles. The zero-order valence-electron chi connectivity index (χ0n) is 10.3. The number of nitrogens with one attached hydrogen (secondary N) is 1. The average Bonchev–Trinajstić information content (AvgIpc) is 3.07. The lowest BCUT2D eigenvalue weighted by atomic mass is 10.1. The molecule has 0 radical (unpaired) electrons. The SMILES string of the molecule is Brc1c2cn[nH]c2cc2c1cnn2C1CCCCO1. The van der Waals surface area contributed by atoms with E-state index in [0.29, 0.717) is 0 Å². The fourth-order valence-corrected chi connectivity index (χ4v) is 3.32. The Bertz CT molecular complexity index is 742. The lowest BCUT2D eigenvalue weighted by molar-refractivity contribution is -0.0366. The summed E-state index contributed by atoms with van der Waals surface area (Å²) in [6.45, 7) is 0.819. The van der Waals surface area contributed by atoms with Crippen molar-refractivity contribution < 1.29 is 4.74 Å². The van der Waals surface area contributed by atoms with Crippen LogP contribution in [-0.4, -0.2) is 26.6 Å². The molecule has 0 saturated carbocycles. The van der Waals surface area contributed by atoms with Crippen LogP contribution in [0.1, 0.15) is 25.5 Å². The van der Waals surface area contributed by atoms with Crippen LogP contribution in [0, 0.1) is 0 Å². The summed E-state index contributed by atoms with van der Waals surface area (Å²) < 4.78 is 8.85. The third-order valence-corrected chi connectivity index (χ3v) is 4.54. The van der Waals surface area contributed by atoms with Crippen molar-refractivity contribution in [1.82, 2.24) is 20.0 Å². The monoisotopic (exact) mass is 320 g/mol. The largest absolute Gasteiger partial charge is 0.356 e. The number of hydrogen-bond acceptors (Lipinski definition) is 3. The molecule has 1 fully saturated rings. The van der Waals surface area contributed by atoms with Gasteiger partial charge in [-0.15, -0.1) is 0 Å². The molecule has 0 spiro atoms. The molecule has 2 aromatic heterocycles. The van der Waals surface area contributed by atoms with Crippen molar-refractivity contribution in [3.05, 3.63) is 22.9 Å². The van der Waals surface area contributed by atoms with E-state index in [4.69, 9.17) is 4.74 Å². The summed E-state index contributed by atoms with van der Waals surface area (Å²) in [6.07, 6.45) is 7.13. The highest BCUT2D eigenvalue weighted by molar-refractivity contribution is 9.10. The zero-order valence-corrected chi connectivity index (χ0v) is 11.9. The van der Waals surface area contributed by atoms with Crippen LogP contribution in [0.5, 0.6) is 0 Å². The summed E-state index contributed by atoms with van der Waals surface area (Å²) in [4.78, 5) is 0. The molecular weight excluding hydrogens is 308 g/mol. The molecule has 6 heteroatoms. The van der Waals surface area contributed by atoms with Crippen LogP contribution in [-0.2, 0) is 4.74 Å². The molecule has 1 aromatic carbocycles. The van der Waals surface area contributed by atoms with Crippen molar-refractivity contribution in [3.63, 3.8) is 0 Å². The molecule has 0 amide bonds. The second kappa shape index (κ2) is 4.31. The highest BCUT2D eigenvalue weighted by Crippen LogP contribution is 2.34. The Hall–Kier alpha value is -1.40. The molecule has 5 nitrogen and oxygen atoms in total. The van der Waals surface area contributed by atoms with Crippen LogP contribution >= 0.6 is 15.9 Å². The van der Waals surface area contributed by atoms with Gasteiger partial charge in [0.25, 0.3) is 0 Å². The van der Waals surface area contributed by atoms with Crippen LogP contribution in [0.3, 0.4) is 0 Å². The summed E-state index contributed by atoms with van der Waals surface area (Å²) in [5, 5.41) is 13.8. The number of ether oxygens (including phenoxy) is 1. The van der Waals surface area contributed by atoms with E-state index in [0.717, 1.165) is 45.7 Å². The van der Waals surface area contributed by atoms with Crippen molar-refractivity contribution in [2.45, 2.75) is 25.5 Å². The maximum absolute atomic E-state index is 5.82. The highest BCUT2D eigenvalue weighted by atomic mass is 79.9.